The highest BCUT2D eigenvalue weighted by molar-refractivity contribution is 7.13. The molecule has 0 atom stereocenters. The normalized spacial score (nSPS) is 15.1. The van der Waals surface area contributed by atoms with Crippen molar-refractivity contribution in [3.63, 3.8) is 0 Å². The largest absolute Gasteiger partial charge is 0.343 e. The van der Waals surface area contributed by atoms with E-state index in [0.29, 0.717) is 0 Å². The number of benzene rings is 1. The summed E-state index contributed by atoms with van der Waals surface area (Å²) in [6.45, 7) is 2.09. The van der Waals surface area contributed by atoms with Crippen molar-refractivity contribution in [3.05, 3.63) is 47.0 Å². The Labute approximate surface area is 93.2 Å². The maximum atomic E-state index is 4.36. The van der Waals surface area contributed by atoms with E-state index >= 15 is 0 Å². The molecule has 0 bridgehead atoms. The van der Waals surface area contributed by atoms with Gasteiger partial charge in [0, 0.05) is 24.7 Å². The summed E-state index contributed by atoms with van der Waals surface area (Å²) in [6.07, 6.45) is 3.01. The molecule has 76 valence electrons. The summed E-state index contributed by atoms with van der Waals surface area (Å²) >= 11 is 1.72. The molecule has 0 saturated heterocycles. The minimum absolute atomic E-state index is 1.00. The molecule has 0 amide bonds. The van der Waals surface area contributed by atoms with Crippen molar-refractivity contribution in [1.29, 1.82) is 0 Å². The van der Waals surface area contributed by atoms with Crippen LogP contribution in [0.2, 0.25) is 0 Å². The topological polar surface area (TPSA) is 16.1 Å². The molecular weight excluding hydrogens is 204 g/mol. The average Bonchev–Trinajstić information content (AvgIpc) is 2.82. The highest BCUT2D eigenvalue weighted by Gasteiger charge is 2.16. The summed E-state index contributed by atoms with van der Waals surface area (Å²) in [7, 11) is 0. The third-order valence-corrected chi connectivity index (χ3v) is 3.65. The summed E-state index contributed by atoms with van der Waals surface area (Å²) in [5.41, 5.74) is 2.93. The molecule has 0 radical (unpaired) electrons. The Morgan fingerprint density at radius 3 is 2.87 bits per heavy atom. The lowest BCUT2D eigenvalue weighted by Crippen LogP contribution is -2.30. The van der Waals surface area contributed by atoms with Crippen LogP contribution in [-0.4, -0.2) is 11.5 Å². The predicted molar refractivity (Wildman–Crippen MR) is 63.3 cm³/mol. The maximum Gasteiger partial charge on any atom is 0.185 e. The molecule has 0 fully saturated rings. The summed E-state index contributed by atoms with van der Waals surface area (Å²) in [5, 5.41) is 3.18. The quantitative estimate of drug-likeness (QED) is 0.728. The summed E-state index contributed by atoms with van der Waals surface area (Å²) in [4.78, 5) is 6.71. The van der Waals surface area contributed by atoms with Crippen molar-refractivity contribution in [2.75, 3.05) is 11.4 Å². The van der Waals surface area contributed by atoms with Crippen LogP contribution >= 0.6 is 11.3 Å². The average molecular weight is 216 g/mol. The zero-order valence-corrected chi connectivity index (χ0v) is 9.20. The molecule has 0 aliphatic carbocycles. The molecule has 1 aromatic heterocycles. The minimum atomic E-state index is 1.00. The van der Waals surface area contributed by atoms with Crippen molar-refractivity contribution < 1.29 is 0 Å². The highest BCUT2D eigenvalue weighted by Crippen LogP contribution is 2.25. The fraction of sp³-hybridized carbons (Fsp3) is 0.250. The SMILES string of the molecule is c1ccc2c(c1)CCN(c1nccs1)C2. The molecular formula is C12H12N2S. The minimum Gasteiger partial charge on any atom is -0.343 e. The van der Waals surface area contributed by atoms with E-state index in [-0.39, 0.29) is 0 Å². The first-order chi connectivity index (χ1) is 7.43. The van der Waals surface area contributed by atoms with E-state index in [1.54, 1.807) is 11.3 Å². The second-order valence-electron chi connectivity index (χ2n) is 3.75. The van der Waals surface area contributed by atoms with Crippen LogP contribution in [0.4, 0.5) is 5.13 Å². The van der Waals surface area contributed by atoms with Gasteiger partial charge in [0.1, 0.15) is 0 Å². The molecule has 1 aromatic carbocycles. The summed E-state index contributed by atoms with van der Waals surface area (Å²) in [6, 6.07) is 8.69. The molecule has 2 aromatic rings. The molecule has 1 aliphatic heterocycles. The van der Waals surface area contributed by atoms with E-state index in [1.807, 2.05) is 11.6 Å². The number of aromatic nitrogens is 1. The van der Waals surface area contributed by atoms with Gasteiger partial charge in [0.2, 0.25) is 0 Å². The second-order valence-corrected chi connectivity index (χ2v) is 4.63. The summed E-state index contributed by atoms with van der Waals surface area (Å²) < 4.78 is 0. The molecule has 15 heavy (non-hydrogen) atoms. The number of hydrogen-bond acceptors (Lipinski definition) is 3. The van der Waals surface area contributed by atoms with Gasteiger partial charge in [-0.25, -0.2) is 4.98 Å². The Hall–Kier alpha value is -1.35. The fourth-order valence-corrected chi connectivity index (χ4v) is 2.70. The van der Waals surface area contributed by atoms with Gasteiger partial charge in [0.25, 0.3) is 0 Å². The van der Waals surface area contributed by atoms with Gasteiger partial charge in [-0.1, -0.05) is 24.3 Å². The van der Waals surface area contributed by atoms with Gasteiger partial charge < -0.3 is 4.90 Å². The van der Waals surface area contributed by atoms with E-state index in [4.69, 9.17) is 0 Å². The lowest BCUT2D eigenvalue weighted by Gasteiger charge is -2.28. The number of fused-ring (bicyclic) bond motifs is 1. The van der Waals surface area contributed by atoms with E-state index in [9.17, 15) is 0 Å². The molecule has 1 aliphatic rings. The lowest BCUT2D eigenvalue weighted by atomic mass is 10.0. The molecule has 0 N–H and O–H groups in total. The molecule has 0 unspecified atom stereocenters. The van der Waals surface area contributed by atoms with Gasteiger partial charge in [-0.2, -0.15) is 0 Å². The molecule has 0 saturated carbocycles. The molecule has 3 rings (SSSR count). The van der Waals surface area contributed by atoms with Crippen LogP contribution in [0.3, 0.4) is 0 Å². The van der Waals surface area contributed by atoms with Crippen LogP contribution in [0.25, 0.3) is 0 Å². The van der Waals surface area contributed by atoms with Crippen molar-refractivity contribution in [2.24, 2.45) is 0 Å². The van der Waals surface area contributed by atoms with Crippen LogP contribution in [0.5, 0.6) is 0 Å². The Kier molecular flexibility index (Phi) is 2.18. The molecule has 2 nitrogen and oxygen atoms in total. The highest BCUT2D eigenvalue weighted by atomic mass is 32.1. The zero-order valence-electron chi connectivity index (χ0n) is 8.39. The van der Waals surface area contributed by atoms with E-state index in [0.717, 1.165) is 24.6 Å². The van der Waals surface area contributed by atoms with Gasteiger partial charge in [-0.3, -0.25) is 0 Å². The molecule has 2 heterocycles. The molecule has 0 spiro atoms. The van der Waals surface area contributed by atoms with Crippen LogP contribution in [0.15, 0.2) is 35.8 Å². The van der Waals surface area contributed by atoms with Crippen LogP contribution < -0.4 is 4.90 Å². The van der Waals surface area contributed by atoms with Gasteiger partial charge in [-0.05, 0) is 17.5 Å². The van der Waals surface area contributed by atoms with Crippen LogP contribution in [0.1, 0.15) is 11.1 Å². The Balaban J connectivity index is 1.89. The first-order valence-electron chi connectivity index (χ1n) is 5.15. The smallest absolute Gasteiger partial charge is 0.185 e. The van der Waals surface area contributed by atoms with E-state index in [1.165, 1.54) is 11.1 Å². The first-order valence-corrected chi connectivity index (χ1v) is 6.03. The molecule has 3 heteroatoms. The monoisotopic (exact) mass is 216 g/mol. The fourth-order valence-electron chi connectivity index (χ4n) is 2.03. The van der Waals surface area contributed by atoms with Gasteiger partial charge >= 0.3 is 0 Å². The Bertz CT molecular complexity index is 450. The van der Waals surface area contributed by atoms with Crippen molar-refractivity contribution in [3.8, 4) is 0 Å². The number of hydrogen-bond donors (Lipinski definition) is 0. The van der Waals surface area contributed by atoms with Crippen molar-refractivity contribution >= 4 is 16.5 Å². The van der Waals surface area contributed by atoms with Gasteiger partial charge in [-0.15, -0.1) is 11.3 Å². The Morgan fingerprint density at radius 2 is 2.07 bits per heavy atom. The zero-order chi connectivity index (χ0) is 10.1. The third-order valence-electron chi connectivity index (χ3n) is 2.82. The predicted octanol–water partition coefficient (Wildman–Crippen LogP) is 2.71. The Morgan fingerprint density at radius 1 is 1.20 bits per heavy atom. The number of nitrogens with zero attached hydrogens (tertiary/aromatic N) is 2. The van der Waals surface area contributed by atoms with Gasteiger partial charge in [0.05, 0.1) is 0 Å². The second kappa shape index (κ2) is 3.66. The lowest BCUT2D eigenvalue weighted by molar-refractivity contribution is 0.729. The third kappa shape index (κ3) is 1.63. The van der Waals surface area contributed by atoms with Crippen LogP contribution in [0, 0.1) is 0 Å². The van der Waals surface area contributed by atoms with E-state index in [2.05, 4.69) is 34.1 Å². The number of rotatable bonds is 1. The number of thiazole rings is 1. The maximum absolute atomic E-state index is 4.36. The summed E-state index contributed by atoms with van der Waals surface area (Å²) in [5.74, 6) is 0. The van der Waals surface area contributed by atoms with E-state index < -0.39 is 0 Å². The van der Waals surface area contributed by atoms with Crippen molar-refractivity contribution in [1.82, 2.24) is 4.98 Å². The van der Waals surface area contributed by atoms with Crippen LogP contribution in [-0.2, 0) is 13.0 Å². The van der Waals surface area contributed by atoms with Gasteiger partial charge in [0.15, 0.2) is 5.13 Å². The number of anilines is 1. The standard InChI is InChI=1S/C12H12N2S/c1-2-4-11-9-14(7-5-10(11)3-1)12-13-6-8-15-12/h1-4,6,8H,5,7,9H2. The first kappa shape index (κ1) is 8.92. The van der Waals surface area contributed by atoms with Crippen molar-refractivity contribution in [2.45, 2.75) is 13.0 Å².